The molecule has 1 aliphatic carbocycles. The Hall–Kier alpha value is -2.13. The zero-order chi connectivity index (χ0) is 16.2. The first-order valence-electron chi connectivity index (χ1n) is 8.22. The van der Waals surface area contributed by atoms with Crippen LogP contribution in [0.1, 0.15) is 46.7 Å². The van der Waals surface area contributed by atoms with Crippen LogP contribution in [0.15, 0.2) is 54.6 Å². The Labute approximate surface area is 137 Å². The lowest BCUT2D eigenvalue weighted by Gasteiger charge is -2.30. The molecule has 0 spiro atoms. The number of carbonyl (C=O) groups is 1. The summed E-state index contributed by atoms with van der Waals surface area (Å²) in [5.74, 6) is -0.290. The van der Waals surface area contributed by atoms with Crippen LogP contribution < -0.4 is 0 Å². The van der Waals surface area contributed by atoms with Crippen LogP contribution in [0.3, 0.4) is 0 Å². The Bertz CT molecular complexity index is 668. The molecular formula is C20H23NO2. The van der Waals surface area contributed by atoms with Gasteiger partial charge in [-0.1, -0.05) is 48.9 Å². The molecule has 1 fully saturated rings. The number of carboxylic acids is 1. The van der Waals surface area contributed by atoms with Crippen molar-refractivity contribution < 1.29 is 9.90 Å². The summed E-state index contributed by atoms with van der Waals surface area (Å²) in [5, 5.41) is 9.13. The molecule has 3 rings (SSSR count). The molecule has 3 heteroatoms. The van der Waals surface area contributed by atoms with Crippen LogP contribution in [-0.2, 0) is 6.54 Å². The predicted octanol–water partition coefficient (Wildman–Crippen LogP) is 4.15. The summed E-state index contributed by atoms with van der Waals surface area (Å²) >= 11 is 0. The first kappa shape index (κ1) is 15.8. The van der Waals surface area contributed by atoms with Gasteiger partial charge in [0.15, 0.2) is 0 Å². The molecule has 120 valence electrons. The third-order valence-corrected chi connectivity index (χ3v) is 4.88. The SMILES string of the molecule is CN(Cc1cccc(C(=O)O)c1)C1CCCC1c1ccccc1. The lowest BCUT2D eigenvalue weighted by Crippen LogP contribution is -2.33. The largest absolute Gasteiger partial charge is 0.478 e. The number of benzene rings is 2. The third-order valence-electron chi connectivity index (χ3n) is 4.88. The Kier molecular flexibility index (Phi) is 4.77. The highest BCUT2D eigenvalue weighted by atomic mass is 16.4. The summed E-state index contributed by atoms with van der Waals surface area (Å²) in [6.07, 6.45) is 3.69. The van der Waals surface area contributed by atoms with E-state index in [1.54, 1.807) is 12.1 Å². The normalized spacial score (nSPS) is 20.8. The molecule has 0 bridgehead atoms. The van der Waals surface area contributed by atoms with Crippen LogP contribution in [0.4, 0.5) is 0 Å². The number of hydrogen-bond acceptors (Lipinski definition) is 2. The predicted molar refractivity (Wildman–Crippen MR) is 91.7 cm³/mol. The van der Waals surface area contributed by atoms with Gasteiger partial charge in [0.2, 0.25) is 0 Å². The van der Waals surface area contributed by atoms with Gasteiger partial charge >= 0.3 is 5.97 Å². The molecule has 0 heterocycles. The zero-order valence-electron chi connectivity index (χ0n) is 13.5. The van der Waals surface area contributed by atoms with E-state index in [1.807, 2.05) is 12.1 Å². The van der Waals surface area contributed by atoms with Gasteiger partial charge in [-0.05, 0) is 49.1 Å². The van der Waals surface area contributed by atoms with E-state index in [2.05, 4.69) is 42.3 Å². The molecule has 0 radical (unpaired) electrons. The maximum absolute atomic E-state index is 11.1. The fourth-order valence-corrected chi connectivity index (χ4v) is 3.77. The molecule has 2 aromatic carbocycles. The fourth-order valence-electron chi connectivity index (χ4n) is 3.77. The van der Waals surface area contributed by atoms with Gasteiger partial charge in [0.1, 0.15) is 0 Å². The van der Waals surface area contributed by atoms with Crippen molar-refractivity contribution in [3.05, 3.63) is 71.3 Å². The van der Waals surface area contributed by atoms with Crippen molar-refractivity contribution in [2.24, 2.45) is 0 Å². The van der Waals surface area contributed by atoms with Crippen molar-refractivity contribution in [1.29, 1.82) is 0 Å². The quantitative estimate of drug-likeness (QED) is 0.902. The van der Waals surface area contributed by atoms with Gasteiger partial charge in [-0.3, -0.25) is 4.90 Å². The van der Waals surface area contributed by atoms with E-state index in [4.69, 9.17) is 5.11 Å². The van der Waals surface area contributed by atoms with E-state index in [0.717, 1.165) is 12.1 Å². The Morgan fingerprint density at radius 3 is 2.65 bits per heavy atom. The van der Waals surface area contributed by atoms with E-state index in [-0.39, 0.29) is 0 Å². The van der Waals surface area contributed by atoms with Crippen LogP contribution in [0.5, 0.6) is 0 Å². The minimum Gasteiger partial charge on any atom is -0.478 e. The average molecular weight is 309 g/mol. The van der Waals surface area contributed by atoms with E-state index >= 15 is 0 Å². The van der Waals surface area contributed by atoms with Gasteiger partial charge < -0.3 is 5.11 Å². The molecule has 2 atom stereocenters. The zero-order valence-corrected chi connectivity index (χ0v) is 13.5. The van der Waals surface area contributed by atoms with Crippen LogP contribution in [0, 0.1) is 0 Å². The minimum atomic E-state index is -0.863. The van der Waals surface area contributed by atoms with Gasteiger partial charge in [-0.25, -0.2) is 4.79 Å². The second kappa shape index (κ2) is 6.97. The molecule has 1 aliphatic rings. The van der Waals surface area contributed by atoms with Crippen LogP contribution >= 0.6 is 0 Å². The van der Waals surface area contributed by atoms with Crippen molar-refractivity contribution in [3.8, 4) is 0 Å². The molecule has 0 amide bonds. The Morgan fingerprint density at radius 2 is 1.91 bits per heavy atom. The average Bonchev–Trinajstić information content (AvgIpc) is 3.05. The minimum absolute atomic E-state index is 0.363. The topological polar surface area (TPSA) is 40.5 Å². The van der Waals surface area contributed by atoms with Gasteiger partial charge in [0.05, 0.1) is 5.56 Å². The Morgan fingerprint density at radius 1 is 1.13 bits per heavy atom. The number of likely N-dealkylation sites (N-methyl/N-ethyl adjacent to an activating group) is 1. The molecule has 0 aromatic heterocycles. The molecular weight excluding hydrogens is 286 g/mol. The van der Waals surface area contributed by atoms with Gasteiger partial charge in [0, 0.05) is 12.6 Å². The molecule has 1 saturated carbocycles. The van der Waals surface area contributed by atoms with Crippen LogP contribution in [0.2, 0.25) is 0 Å². The summed E-state index contributed by atoms with van der Waals surface area (Å²) in [4.78, 5) is 13.5. The van der Waals surface area contributed by atoms with E-state index in [1.165, 1.54) is 24.8 Å². The Balaban J connectivity index is 1.73. The molecule has 0 saturated heterocycles. The lowest BCUT2D eigenvalue weighted by molar-refractivity contribution is 0.0696. The molecule has 1 N–H and O–H groups in total. The number of rotatable bonds is 5. The molecule has 2 aromatic rings. The van der Waals surface area contributed by atoms with Crippen molar-refractivity contribution in [1.82, 2.24) is 4.90 Å². The fraction of sp³-hybridized carbons (Fsp3) is 0.350. The third kappa shape index (κ3) is 3.62. The first-order valence-corrected chi connectivity index (χ1v) is 8.22. The highest BCUT2D eigenvalue weighted by molar-refractivity contribution is 5.87. The molecule has 23 heavy (non-hydrogen) atoms. The smallest absolute Gasteiger partial charge is 0.335 e. The number of hydrogen-bond donors (Lipinski definition) is 1. The maximum Gasteiger partial charge on any atom is 0.335 e. The van der Waals surface area contributed by atoms with Gasteiger partial charge in [0.25, 0.3) is 0 Å². The standard InChI is InChI=1S/C20H23NO2/c1-21(14-15-7-5-10-17(13-15)20(22)23)19-12-6-11-18(19)16-8-3-2-4-9-16/h2-5,7-10,13,18-19H,6,11-12,14H2,1H3,(H,22,23). The number of aromatic carboxylic acids is 1. The molecule has 0 aliphatic heterocycles. The number of carboxylic acid groups (broad SMARTS) is 1. The van der Waals surface area contributed by atoms with Crippen LogP contribution in [-0.4, -0.2) is 29.1 Å². The van der Waals surface area contributed by atoms with Crippen LogP contribution in [0.25, 0.3) is 0 Å². The highest BCUT2D eigenvalue weighted by Crippen LogP contribution is 2.37. The van der Waals surface area contributed by atoms with Crippen molar-refractivity contribution in [3.63, 3.8) is 0 Å². The van der Waals surface area contributed by atoms with E-state index < -0.39 is 5.97 Å². The first-order chi connectivity index (χ1) is 11.1. The number of nitrogens with zero attached hydrogens (tertiary/aromatic N) is 1. The molecule has 2 unspecified atom stereocenters. The van der Waals surface area contributed by atoms with Crippen molar-refractivity contribution in [2.45, 2.75) is 37.8 Å². The van der Waals surface area contributed by atoms with Gasteiger partial charge in [-0.2, -0.15) is 0 Å². The summed E-state index contributed by atoms with van der Waals surface area (Å²) < 4.78 is 0. The van der Waals surface area contributed by atoms with E-state index in [0.29, 0.717) is 17.5 Å². The summed E-state index contributed by atoms with van der Waals surface area (Å²) in [6, 6.07) is 18.5. The monoisotopic (exact) mass is 309 g/mol. The maximum atomic E-state index is 11.1. The molecule has 3 nitrogen and oxygen atoms in total. The summed E-state index contributed by atoms with van der Waals surface area (Å²) in [7, 11) is 2.15. The second-order valence-corrected chi connectivity index (χ2v) is 6.44. The summed E-state index contributed by atoms with van der Waals surface area (Å²) in [5.41, 5.74) is 2.84. The van der Waals surface area contributed by atoms with Crippen molar-refractivity contribution >= 4 is 5.97 Å². The lowest BCUT2D eigenvalue weighted by atomic mass is 9.93. The van der Waals surface area contributed by atoms with Gasteiger partial charge in [-0.15, -0.1) is 0 Å². The summed E-state index contributed by atoms with van der Waals surface area (Å²) in [6.45, 7) is 0.787. The second-order valence-electron chi connectivity index (χ2n) is 6.44. The van der Waals surface area contributed by atoms with Crippen molar-refractivity contribution in [2.75, 3.05) is 7.05 Å². The van der Waals surface area contributed by atoms with E-state index in [9.17, 15) is 4.79 Å². The highest BCUT2D eigenvalue weighted by Gasteiger charge is 2.31.